The van der Waals surface area contributed by atoms with Crippen molar-refractivity contribution in [3.8, 4) is 0 Å². The quantitative estimate of drug-likeness (QED) is 0.271. The van der Waals surface area contributed by atoms with Gasteiger partial charge < -0.3 is 14.2 Å². The zero-order chi connectivity index (χ0) is 18.5. The molecule has 0 heterocycles. The SMILES string of the molecule is CC(=O)c1ccc(C(COCCCOCCCOCCl)C(C)C)cc1. The molecule has 1 aromatic carbocycles. The number of ketones is 1. The smallest absolute Gasteiger partial charge is 0.159 e. The Bertz CT molecular complexity index is 473. The number of Topliss-reactive ketones (excluding diaryl/α,β-unsaturated/α-hetero) is 1. The predicted molar refractivity (Wildman–Crippen MR) is 102 cm³/mol. The van der Waals surface area contributed by atoms with Crippen LogP contribution in [0, 0.1) is 5.92 Å². The van der Waals surface area contributed by atoms with Gasteiger partial charge in [0.05, 0.1) is 13.2 Å². The lowest BCUT2D eigenvalue weighted by Gasteiger charge is -2.21. The molecular formula is C20H31ClO4. The average molecular weight is 371 g/mol. The van der Waals surface area contributed by atoms with Crippen LogP contribution in [0.25, 0.3) is 0 Å². The van der Waals surface area contributed by atoms with E-state index in [1.807, 2.05) is 24.3 Å². The van der Waals surface area contributed by atoms with Crippen LogP contribution >= 0.6 is 11.6 Å². The second kappa shape index (κ2) is 13.3. The molecule has 142 valence electrons. The van der Waals surface area contributed by atoms with Crippen molar-refractivity contribution >= 4 is 17.4 Å². The molecule has 5 heteroatoms. The largest absolute Gasteiger partial charge is 0.381 e. The fourth-order valence-electron chi connectivity index (χ4n) is 2.53. The number of hydrogen-bond acceptors (Lipinski definition) is 4. The van der Waals surface area contributed by atoms with Crippen molar-refractivity contribution in [2.24, 2.45) is 5.92 Å². The van der Waals surface area contributed by atoms with Gasteiger partial charge in [0.1, 0.15) is 6.07 Å². The Morgan fingerprint density at radius 1 is 0.960 bits per heavy atom. The predicted octanol–water partition coefficient (Wildman–Crippen LogP) is 4.66. The summed E-state index contributed by atoms with van der Waals surface area (Å²) in [6.45, 7) is 9.36. The number of carbonyl (C=O) groups excluding carboxylic acids is 1. The number of carbonyl (C=O) groups is 1. The highest BCUT2D eigenvalue weighted by molar-refractivity contribution is 6.17. The minimum Gasteiger partial charge on any atom is -0.381 e. The molecule has 0 aliphatic rings. The summed E-state index contributed by atoms with van der Waals surface area (Å²) in [4.78, 5) is 11.4. The molecule has 0 saturated heterocycles. The van der Waals surface area contributed by atoms with Crippen LogP contribution in [-0.4, -0.2) is 44.9 Å². The van der Waals surface area contributed by atoms with Gasteiger partial charge in [-0.15, -0.1) is 0 Å². The fraction of sp³-hybridized carbons (Fsp3) is 0.650. The van der Waals surface area contributed by atoms with Crippen molar-refractivity contribution in [1.29, 1.82) is 0 Å². The van der Waals surface area contributed by atoms with Crippen LogP contribution in [0.2, 0.25) is 0 Å². The van der Waals surface area contributed by atoms with Gasteiger partial charge in [0, 0.05) is 31.3 Å². The number of rotatable bonds is 14. The van der Waals surface area contributed by atoms with Gasteiger partial charge in [0.25, 0.3) is 0 Å². The molecule has 0 aromatic heterocycles. The van der Waals surface area contributed by atoms with Gasteiger partial charge in [-0.25, -0.2) is 0 Å². The van der Waals surface area contributed by atoms with Gasteiger partial charge >= 0.3 is 0 Å². The van der Waals surface area contributed by atoms with Crippen molar-refractivity contribution in [2.75, 3.05) is 39.1 Å². The molecular weight excluding hydrogens is 340 g/mol. The van der Waals surface area contributed by atoms with E-state index in [9.17, 15) is 4.79 Å². The Morgan fingerprint density at radius 3 is 2.04 bits per heavy atom. The van der Waals surface area contributed by atoms with E-state index in [2.05, 4.69) is 13.8 Å². The Morgan fingerprint density at radius 2 is 1.52 bits per heavy atom. The Kier molecular flexibility index (Phi) is 11.7. The van der Waals surface area contributed by atoms with Crippen LogP contribution in [0.5, 0.6) is 0 Å². The number of benzene rings is 1. The summed E-state index contributed by atoms with van der Waals surface area (Å²) in [6.07, 6.45) is 1.74. The third-order valence-corrected chi connectivity index (χ3v) is 4.23. The topological polar surface area (TPSA) is 44.8 Å². The Labute approximate surface area is 156 Å². The zero-order valence-electron chi connectivity index (χ0n) is 15.6. The van der Waals surface area contributed by atoms with Gasteiger partial charge in [-0.2, -0.15) is 0 Å². The van der Waals surface area contributed by atoms with E-state index in [0.29, 0.717) is 44.9 Å². The molecule has 4 nitrogen and oxygen atoms in total. The molecule has 0 saturated carbocycles. The second-order valence-electron chi connectivity index (χ2n) is 6.44. The van der Waals surface area contributed by atoms with E-state index in [1.165, 1.54) is 5.56 Å². The molecule has 0 amide bonds. The summed E-state index contributed by atoms with van der Waals surface area (Å²) in [5.41, 5.74) is 1.97. The first-order valence-corrected chi connectivity index (χ1v) is 9.49. The highest BCUT2D eigenvalue weighted by atomic mass is 35.5. The van der Waals surface area contributed by atoms with Crippen LogP contribution in [0.15, 0.2) is 24.3 Å². The minimum atomic E-state index is 0.0955. The van der Waals surface area contributed by atoms with Crippen molar-refractivity contribution in [3.05, 3.63) is 35.4 Å². The van der Waals surface area contributed by atoms with E-state index < -0.39 is 0 Å². The summed E-state index contributed by atoms with van der Waals surface area (Å²) < 4.78 is 16.4. The van der Waals surface area contributed by atoms with Crippen molar-refractivity contribution in [1.82, 2.24) is 0 Å². The summed E-state index contributed by atoms with van der Waals surface area (Å²) in [7, 11) is 0. The van der Waals surface area contributed by atoms with E-state index in [0.717, 1.165) is 18.4 Å². The van der Waals surface area contributed by atoms with Gasteiger partial charge in [-0.3, -0.25) is 4.79 Å². The lowest BCUT2D eigenvalue weighted by molar-refractivity contribution is 0.0621. The Hall–Kier alpha value is -0.940. The van der Waals surface area contributed by atoms with Gasteiger partial charge in [-0.1, -0.05) is 49.7 Å². The summed E-state index contributed by atoms with van der Waals surface area (Å²) in [5, 5.41) is 0. The van der Waals surface area contributed by atoms with E-state index in [-0.39, 0.29) is 11.8 Å². The first kappa shape index (κ1) is 22.1. The highest BCUT2D eigenvalue weighted by Crippen LogP contribution is 2.25. The third kappa shape index (κ3) is 9.36. The van der Waals surface area contributed by atoms with Gasteiger partial charge in [0.2, 0.25) is 0 Å². The fourth-order valence-corrected chi connectivity index (χ4v) is 2.64. The lowest BCUT2D eigenvalue weighted by atomic mass is 9.88. The lowest BCUT2D eigenvalue weighted by Crippen LogP contribution is -2.15. The van der Waals surface area contributed by atoms with Crippen LogP contribution < -0.4 is 0 Å². The number of ether oxygens (including phenoxy) is 3. The molecule has 1 atom stereocenters. The normalized spacial score (nSPS) is 12.5. The Balaban J connectivity index is 2.24. The monoisotopic (exact) mass is 370 g/mol. The van der Waals surface area contributed by atoms with E-state index >= 15 is 0 Å². The molecule has 1 aromatic rings. The molecule has 0 N–H and O–H groups in total. The van der Waals surface area contributed by atoms with Crippen molar-refractivity contribution in [2.45, 2.75) is 39.5 Å². The summed E-state index contributed by atoms with van der Waals surface area (Å²) in [5.74, 6) is 0.897. The maximum absolute atomic E-state index is 11.4. The molecule has 0 bridgehead atoms. The highest BCUT2D eigenvalue weighted by Gasteiger charge is 2.16. The number of alkyl halides is 1. The third-order valence-electron chi connectivity index (χ3n) is 4.08. The molecule has 1 rings (SSSR count). The zero-order valence-corrected chi connectivity index (χ0v) is 16.4. The molecule has 1 unspecified atom stereocenters. The van der Waals surface area contributed by atoms with Crippen LogP contribution in [0.4, 0.5) is 0 Å². The number of hydrogen-bond donors (Lipinski definition) is 0. The maximum atomic E-state index is 11.4. The second-order valence-corrected chi connectivity index (χ2v) is 6.66. The van der Waals surface area contributed by atoms with Crippen LogP contribution in [0.1, 0.15) is 55.5 Å². The van der Waals surface area contributed by atoms with Gasteiger partial charge in [-0.05, 0) is 31.2 Å². The first-order valence-electron chi connectivity index (χ1n) is 8.96. The summed E-state index contributed by atoms with van der Waals surface area (Å²) >= 11 is 5.42. The van der Waals surface area contributed by atoms with Crippen LogP contribution in [0.3, 0.4) is 0 Å². The van der Waals surface area contributed by atoms with Gasteiger partial charge in [0.15, 0.2) is 5.78 Å². The van der Waals surface area contributed by atoms with E-state index in [4.69, 9.17) is 25.8 Å². The molecule has 0 aliphatic carbocycles. The molecule has 0 aliphatic heterocycles. The van der Waals surface area contributed by atoms with E-state index in [1.54, 1.807) is 6.92 Å². The van der Waals surface area contributed by atoms with Crippen molar-refractivity contribution < 1.29 is 19.0 Å². The maximum Gasteiger partial charge on any atom is 0.159 e. The molecule has 0 spiro atoms. The molecule has 25 heavy (non-hydrogen) atoms. The number of halogens is 1. The minimum absolute atomic E-state index is 0.0955. The standard InChI is InChI=1S/C20H31ClO4/c1-16(2)20(19-8-6-18(7-9-19)17(3)22)14-24-12-4-10-23-11-5-13-25-15-21/h6-9,16,20H,4-5,10-15H2,1-3H3. The molecule has 0 fully saturated rings. The van der Waals surface area contributed by atoms with Crippen LogP contribution in [-0.2, 0) is 14.2 Å². The average Bonchev–Trinajstić information content (AvgIpc) is 2.59. The first-order chi connectivity index (χ1) is 12.1. The molecule has 0 radical (unpaired) electrons. The van der Waals surface area contributed by atoms with Crippen molar-refractivity contribution in [3.63, 3.8) is 0 Å². The summed E-state index contributed by atoms with van der Waals surface area (Å²) in [6, 6.07) is 8.11.